The minimum Gasteiger partial charge on any atom is -0.508 e. The second kappa shape index (κ2) is 14.2. The van der Waals surface area contributed by atoms with E-state index in [4.69, 9.17) is 0 Å². The molecule has 0 fully saturated rings. The lowest BCUT2D eigenvalue weighted by atomic mass is 9.89. The van der Waals surface area contributed by atoms with Crippen molar-refractivity contribution in [1.29, 1.82) is 0 Å². The van der Waals surface area contributed by atoms with E-state index in [-0.39, 0.29) is 62.7 Å². The summed E-state index contributed by atoms with van der Waals surface area (Å²) < 4.78 is 0. The highest BCUT2D eigenvalue weighted by Gasteiger charge is 2.21. The lowest BCUT2D eigenvalue weighted by Crippen LogP contribution is -1.91. The van der Waals surface area contributed by atoms with Gasteiger partial charge in [-0.1, -0.05) is 60.7 Å². The summed E-state index contributed by atoms with van der Waals surface area (Å²) in [5.41, 5.74) is 7.54. The van der Waals surface area contributed by atoms with Crippen LogP contribution in [0, 0.1) is 0 Å². The van der Waals surface area contributed by atoms with E-state index in [1.165, 1.54) is 18.2 Å². The SMILES string of the molecule is Oc1ccc(-c2ccc(O)c(-c3cc(-c4ccc(O)c(-c5cc(-c6ccc(O)cc6)cc(-c6cc(-c7ccc(O)cc7)ccc6O)c5O)c4)ccc3O)c2)cc1. The third-order valence-corrected chi connectivity index (χ3v) is 9.90. The number of phenols is 8. The molecule has 0 radical (unpaired) electrons. The van der Waals surface area contributed by atoms with Gasteiger partial charge in [0.15, 0.2) is 0 Å². The highest BCUT2D eigenvalue weighted by molar-refractivity contribution is 5.93. The number of aromatic hydroxyl groups is 8. The second-order valence-electron chi connectivity index (χ2n) is 13.5. The Kier molecular flexibility index (Phi) is 8.92. The summed E-state index contributed by atoms with van der Waals surface area (Å²) >= 11 is 0. The lowest BCUT2D eigenvalue weighted by Gasteiger charge is -2.17. The number of benzene rings is 8. The molecule has 0 aliphatic heterocycles. The largest absolute Gasteiger partial charge is 0.508 e. The van der Waals surface area contributed by atoms with Crippen molar-refractivity contribution in [2.24, 2.45) is 0 Å². The van der Waals surface area contributed by atoms with Crippen LogP contribution in [0.4, 0.5) is 0 Å². The highest BCUT2D eigenvalue weighted by Crippen LogP contribution is 2.48. The Morgan fingerprint density at radius 2 is 0.411 bits per heavy atom. The first-order valence-electron chi connectivity index (χ1n) is 17.6. The van der Waals surface area contributed by atoms with Crippen LogP contribution >= 0.6 is 0 Å². The third kappa shape index (κ3) is 6.74. The van der Waals surface area contributed by atoms with E-state index in [1.54, 1.807) is 140 Å². The number of phenolic OH excluding ortho intramolecular Hbond substituents is 8. The number of rotatable bonds is 7. The smallest absolute Gasteiger partial charge is 0.131 e. The highest BCUT2D eigenvalue weighted by atomic mass is 16.3. The molecule has 0 amide bonds. The summed E-state index contributed by atoms with van der Waals surface area (Å²) in [6, 6.07) is 43.2. The van der Waals surface area contributed by atoms with Gasteiger partial charge in [-0.05, 0) is 142 Å². The second-order valence-corrected chi connectivity index (χ2v) is 13.5. The Morgan fingerprint density at radius 3 is 0.714 bits per heavy atom. The van der Waals surface area contributed by atoms with Gasteiger partial charge in [0.25, 0.3) is 0 Å². The van der Waals surface area contributed by atoms with Crippen molar-refractivity contribution in [3.8, 4) is 124 Å². The zero-order chi connectivity index (χ0) is 39.1. The van der Waals surface area contributed by atoms with Crippen molar-refractivity contribution in [1.82, 2.24) is 0 Å². The van der Waals surface area contributed by atoms with Gasteiger partial charge >= 0.3 is 0 Å². The van der Waals surface area contributed by atoms with Gasteiger partial charge in [-0.3, -0.25) is 0 Å². The van der Waals surface area contributed by atoms with Crippen LogP contribution < -0.4 is 0 Å². The molecule has 8 nitrogen and oxygen atoms in total. The zero-order valence-electron chi connectivity index (χ0n) is 29.6. The van der Waals surface area contributed by atoms with Gasteiger partial charge in [0, 0.05) is 33.4 Å². The van der Waals surface area contributed by atoms with Gasteiger partial charge < -0.3 is 40.9 Å². The maximum atomic E-state index is 12.0. The summed E-state index contributed by atoms with van der Waals surface area (Å²) in [5.74, 6) is -0.230. The summed E-state index contributed by atoms with van der Waals surface area (Å²) in [4.78, 5) is 0. The molecule has 0 atom stereocenters. The van der Waals surface area contributed by atoms with Crippen LogP contribution in [0.15, 0.2) is 158 Å². The summed E-state index contributed by atoms with van der Waals surface area (Å²) in [6.07, 6.45) is 0. The van der Waals surface area contributed by atoms with E-state index in [1.807, 2.05) is 0 Å². The van der Waals surface area contributed by atoms with Crippen molar-refractivity contribution < 1.29 is 40.9 Å². The van der Waals surface area contributed by atoms with E-state index in [2.05, 4.69) is 0 Å². The quantitative estimate of drug-likeness (QED) is 0.0801. The molecule has 0 heterocycles. The van der Waals surface area contributed by atoms with Gasteiger partial charge in [-0.15, -0.1) is 0 Å². The van der Waals surface area contributed by atoms with E-state index >= 15 is 0 Å². The molecule has 8 N–H and O–H groups in total. The van der Waals surface area contributed by atoms with E-state index < -0.39 is 0 Å². The average molecular weight is 739 g/mol. The maximum absolute atomic E-state index is 12.0. The molecule has 8 rings (SSSR count). The van der Waals surface area contributed by atoms with Crippen LogP contribution in [0.25, 0.3) is 77.9 Å². The predicted molar refractivity (Wildman–Crippen MR) is 218 cm³/mol. The summed E-state index contributed by atoms with van der Waals surface area (Å²) in [6.45, 7) is 0. The molecule has 0 aromatic heterocycles. The van der Waals surface area contributed by atoms with Crippen molar-refractivity contribution in [2.45, 2.75) is 0 Å². The van der Waals surface area contributed by atoms with Gasteiger partial charge in [-0.2, -0.15) is 0 Å². The monoisotopic (exact) mass is 738 g/mol. The third-order valence-electron chi connectivity index (χ3n) is 9.90. The fourth-order valence-electron chi connectivity index (χ4n) is 6.90. The minimum absolute atomic E-state index is 0.0485. The minimum atomic E-state index is -0.208. The standard InChI is InChI=1S/C48H34O8/c49-35-11-1-27(2-12-35)30-7-17-44(52)38(21-30)39-23-32(9-19-45(39)53)33-10-20-47(55)41(24-33)43-26-34(29-5-15-37(51)16-6-29)25-42(48(43)56)40-22-31(8-18-46(40)54)28-3-13-36(50)14-4-28/h1-26,49-56H. The van der Waals surface area contributed by atoms with Crippen LogP contribution in [-0.4, -0.2) is 40.9 Å². The van der Waals surface area contributed by atoms with E-state index in [9.17, 15) is 40.9 Å². The van der Waals surface area contributed by atoms with Crippen molar-refractivity contribution in [2.75, 3.05) is 0 Å². The van der Waals surface area contributed by atoms with Gasteiger partial charge in [-0.25, -0.2) is 0 Å². The molecule has 8 heteroatoms. The van der Waals surface area contributed by atoms with Crippen LogP contribution in [0.2, 0.25) is 0 Å². The molecule has 0 bridgehead atoms. The molecule has 0 spiro atoms. The van der Waals surface area contributed by atoms with Crippen molar-refractivity contribution in [3.63, 3.8) is 0 Å². The molecule has 0 aliphatic carbocycles. The fourth-order valence-corrected chi connectivity index (χ4v) is 6.90. The first-order chi connectivity index (χ1) is 27.0. The Labute approximate surface area is 321 Å². The maximum Gasteiger partial charge on any atom is 0.131 e. The van der Waals surface area contributed by atoms with Crippen molar-refractivity contribution >= 4 is 0 Å². The number of hydrogen-bond acceptors (Lipinski definition) is 8. The molecule has 0 saturated carbocycles. The molecule has 56 heavy (non-hydrogen) atoms. The number of hydrogen-bond donors (Lipinski definition) is 8. The Hall–Kier alpha value is -7.84. The van der Waals surface area contributed by atoms with Crippen LogP contribution in [0.3, 0.4) is 0 Å². The van der Waals surface area contributed by atoms with Gasteiger partial charge in [0.1, 0.15) is 46.0 Å². The Morgan fingerprint density at radius 1 is 0.196 bits per heavy atom. The summed E-state index contributed by atoms with van der Waals surface area (Å²) in [5, 5.41) is 86.2. The molecular weight excluding hydrogens is 705 g/mol. The van der Waals surface area contributed by atoms with Crippen LogP contribution in [-0.2, 0) is 0 Å². The zero-order valence-corrected chi connectivity index (χ0v) is 29.6. The normalized spacial score (nSPS) is 11.1. The molecule has 274 valence electrons. The first-order valence-corrected chi connectivity index (χ1v) is 17.6. The first kappa shape index (κ1) is 35.2. The van der Waals surface area contributed by atoms with Crippen LogP contribution in [0.5, 0.6) is 46.0 Å². The fraction of sp³-hybridized carbons (Fsp3) is 0. The molecule has 8 aromatic carbocycles. The molecule has 0 saturated heterocycles. The lowest BCUT2D eigenvalue weighted by molar-refractivity contribution is 0.467. The van der Waals surface area contributed by atoms with Crippen LogP contribution in [0.1, 0.15) is 0 Å². The van der Waals surface area contributed by atoms with Gasteiger partial charge in [0.05, 0.1) is 0 Å². The molecule has 0 unspecified atom stereocenters. The Balaban J connectivity index is 1.27. The van der Waals surface area contributed by atoms with Gasteiger partial charge in [0.2, 0.25) is 0 Å². The predicted octanol–water partition coefficient (Wildman–Crippen LogP) is 11.0. The van der Waals surface area contributed by atoms with Crippen molar-refractivity contribution in [3.05, 3.63) is 158 Å². The van der Waals surface area contributed by atoms with E-state index in [0.29, 0.717) is 38.9 Å². The van der Waals surface area contributed by atoms with E-state index in [0.717, 1.165) is 22.3 Å². The Bertz CT molecular complexity index is 2750. The summed E-state index contributed by atoms with van der Waals surface area (Å²) in [7, 11) is 0. The topological polar surface area (TPSA) is 162 Å². The molecule has 0 aliphatic rings. The molecule has 8 aromatic rings. The molecular formula is C48H34O8. The average Bonchev–Trinajstić information content (AvgIpc) is 3.20.